The highest BCUT2D eigenvalue weighted by atomic mass is 16.5. The Kier molecular flexibility index (Phi) is 3.12. The number of esters is 1. The van der Waals surface area contributed by atoms with Crippen LogP contribution in [0.3, 0.4) is 0 Å². The lowest BCUT2D eigenvalue weighted by Gasteiger charge is -2.06. The van der Waals surface area contributed by atoms with Gasteiger partial charge in [0.25, 0.3) is 0 Å². The third kappa shape index (κ3) is 2.18. The van der Waals surface area contributed by atoms with Crippen molar-refractivity contribution < 1.29 is 9.53 Å². The highest BCUT2D eigenvalue weighted by Gasteiger charge is 2.16. The zero-order chi connectivity index (χ0) is 15.8. The van der Waals surface area contributed by atoms with Crippen LogP contribution in [-0.2, 0) is 11.3 Å². The van der Waals surface area contributed by atoms with Gasteiger partial charge in [-0.25, -0.2) is 4.79 Å². The van der Waals surface area contributed by atoms with E-state index < -0.39 is 0 Å². The number of para-hydroxylation sites is 1. The standard InChI is InChI=1S/C20H15NO2/c1-14-16-9-5-10-17(19(16)21-12-6-11-18(14)21)20(22)23-13-15-7-3-2-4-8-15/h2-12H,1,13H2. The Hall–Kier alpha value is -3.07. The van der Waals surface area contributed by atoms with Gasteiger partial charge in [0, 0.05) is 16.8 Å². The molecule has 0 saturated carbocycles. The van der Waals surface area contributed by atoms with Crippen LogP contribution in [0.2, 0.25) is 0 Å². The van der Waals surface area contributed by atoms with E-state index in [0.29, 0.717) is 5.56 Å². The molecule has 112 valence electrons. The lowest BCUT2D eigenvalue weighted by Crippen LogP contribution is -2.06. The topological polar surface area (TPSA) is 30.7 Å². The van der Waals surface area contributed by atoms with Crippen molar-refractivity contribution in [3.8, 4) is 0 Å². The average molecular weight is 301 g/mol. The Balaban J connectivity index is 1.75. The van der Waals surface area contributed by atoms with Crippen molar-refractivity contribution in [3.63, 3.8) is 0 Å². The number of carbonyl (C=O) groups is 1. The summed E-state index contributed by atoms with van der Waals surface area (Å²) in [6.07, 6.45) is 1.94. The Morgan fingerprint density at radius 1 is 1.00 bits per heavy atom. The molecule has 3 heteroatoms. The maximum Gasteiger partial charge on any atom is 0.340 e. The fourth-order valence-electron chi connectivity index (χ4n) is 2.97. The minimum atomic E-state index is -0.319. The number of aromatic nitrogens is 1. The molecule has 23 heavy (non-hydrogen) atoms. The predicted octanol–water partition coefficient (Wildman–Crippen LogP) is 3.58. The number of hydrogen-bond donors (Lipinski definition) is 0. The van der Waals surface area contributed by atoms with Crippen molar-refractivity contribution in [1.82, 2.24) is 4.40 Å². The molecule has 0 radical (unpaired) electrons. The van der Waals surface area contributed by atoms with Crippen LogP contribution >= 0.6 is 0 Å². The van der Waals surface area contributed by atoms with Crippen molar-refractivity contribution in [3.05, 3.63) is 83.2 Å². The van der Waals surface area contributed by atoms with Crippen LogP contribution in [0.1, 0.15) is 15.9 Å². The molecule has 0 aliphatic heterocycles. The molecule has 0 aliphatic rings. The monoisotopic (exact) mass is 301 g/mol. The third-order valence-corrected chi connectivity index (χ3v) is 4.09. The molecule has 3 nitrogen and oxygen atoms in total. The van der Waals surface area contributed by atoms with Gasteiger partial charge in [-0.15, -0.1) is 0 Å². The number of fused-ring (bicyclic) bond motifs is 3. The smallest absolute Gasteiger partial charge is 0.340 e. The Morgan fingerprint density at radius 3 is 2.65 bits per heavy atom. The van der Waals surface area contributed by atoms with Gasteiger partial charge < -0.3 is 9.14 Å². The molecule has 4 aromatic rings. The van der Waals surface area contributed by atoms with Crippen LogP contribution in [0.15, 0.2) is 66.9 Å². The molecular weight excluding hydrogens is 286 g/mol. The molecule has 0 spiro atoms. The van der Waals surface area contributed by atoms with Gasteiger partial charge in [-0.05, 0) is 23.8 Å². The maximum absolute atomic E-state index is 12.6. The first-order valence-corrected chi connectivity index (χ1v) is 7.47. The van der Waals surface area contributed by atoms with Crippen molar-refractivity contribution in [2.45, 2.75) is 6.61 Å². The summed E-state index contributed by atoms with van der Waals surface area (Å²) in [4.78, 5) is 12.6. The normalized spacial score (nSPS) is 11.1. The lowest BCUT2D eigenvalue weighted by atomic mass is 10.1. The van der Waals surface area contributed by atoms with Gasteiger partial charge in [-0.2, -0.15) is 0 Å². The van der Waals surface area contributed by atoms with Crippen LogP contribution in [0.4, 0.5) is 0 Å². The highest BCUT2D eigenvalue weighted by Crippen LogP contribution is 2.21. The van der Waals surface area contributed by atoms with Gasteiger partial charge in [0.05, 0.1) is 16.6 Å². The number of ether oxygens (including phenoxy) is 1. The molecule has 0 saturated heterocycles. The highest BCUT2D eigenvalue weighted by molar-refractivity contribution is 6.05. The molecule has 4 rings (SSSR count). The molecular formula is C20H15NO2. The Labute approximate surface area is 133 Å². The molecule has 2 aromatic carbocycles. The van der Waals surface area contributed by atoms with Gasteiger partial charge in [0.1, 0.15) is 6.61 Å². The summed E-state index contributed by atoms with van der Waals surface area (Å²) in [6.45, 7) is 4.40. The molecule has 2 heterocycles. The molecule has 0 amide bonds. The van der Waals surface area contributed by atoms with Crippen molar-refractivity contribution in [2.24, 2.45) is 0 Å². The van der Waals surface area contributed by atoms with Crippen LogP contribution in [0.5, 0.6) is 0 Å². The number of carbonyl (C=O) groups excluding carboxylic acids is 1. The Bertz CT molecular complexity index is 1050. The lowest BCUT2D eigenvalue weighted by molar-refractivity contribution is 0.0475. The van der Waals surface area contributed by atoms with E-state index in [1.807, 2.05) is 65.2 Å². The zero-order valence-corrected chi connectivity index (χ0v) is 12.5. The molecule has 0 aliphatic carbocycles. The quantitative estimate of drug-likeness (QED) is 0.542. The second-order valence-electron chi connectivity index (χ2n) is 5.51. The second-order valence-corrected chi connectivity index (χ2v) is 5.51. The summed E-state index contributed by atoms with van der Waals surface area (Å²) in [5.41, 5.74) is 3.41. The van der Waals surface area contributed by atoms with E-state index in [9.17, 15) is 4.79 Å². The minimum Gasteiger partial charge on any atom is -0.457 e. The van der Waals surface area contributed by atoms with E-state index in [1.54, 1.807) is 6.07 Å². The summed E-state index contributed by atoms with van der Waals surface area (Å²) >= 11 is 0. The van der Waals surface area contributed by atoms with Gasteiger partial charge in [-0.1, -0.05) is 49.0 Å². The van der Waals surface area contributed by atoms with Gasteiger partial charge >= 0.3 is 5.97 Å². The van der Waals surface area contributed by atoms with Crippen LogP contribution in [0.25, 0.3) is 23.0 Å². The molecule has 0 atom stereocenters. The fourth-order valence-corrected chi connectivity index (χ4v) is 2.97. The summed E-state index contributed by atoms with van der Waals surface area (Å²) in [7, 11) is 0. The van der Waals surface area contributed by atoms with Gasteiger partial charge in [0.15, 0.2) is 0 Å². The summed E-state index contributed by atoms with van der Waals surface area (Å²) in [5.74, 6) is -0.319. The maximum atomic E-state index is 12.6. The molecule has 0 bridgehead atoms. The number of nitrogens with zero attached hydrogens (tertiary/aromatic N) is 1. The van der Waals surface area contributed by atoms with Crippen molar-refractivity contribution in [1.29, 1.82) is 0 Å². The third-order valence-electron chi connectivity index (χ3n) is 4.09. The zero-order valence-electron chi connectivity index (χ0n) is 12.5. The second kappa shape index (κ2) is 5.29. The van der Waals surface area contributed by atoms with Crippen LogP contribution in [-0.4, -0.2) is 10.4 Å². The molecule has 2 aromatic heterocycles. The molecule has 0 unspecified atom stereocenters. The van der Waals surface area contributed by atoms with E-state index in [1.165, 1.54) is 0 Å². The van der Waals surface area contributed by atoms with Crippen molar-refractivity contribution in [2.75, 3.05) is 0 Å². The minimum absolute atomic E-state index is 0.267. The van der Waals surface area contributed by atoms with Gasteiger partial charge in [-0.3, -0.25) is 0 Å². The SMILES string of the molecule is C=c1c2cccc(C(=O)OCc3ccccc3)c2n2cccc12. The van der Waals surface area contributed by atoms with E-state index in [4.69, 9.17) is 4.74 Å². The summed E-state index contributed by atoms with van der Waals surface area (Å²) < 4.78 is 7.48. The van der Waals surface area contributed by atoms with E-state index in [2.05, 4.69) is 6.58 Å². The first-order valence-electron chi connectivity index (χ1n) is 7.47. The fraction of sp³-hybridized carbons (Fsp3) is 0.0500. The number of benzene rings is 2. The van der Waals surface area contributed by atoms with Gasteiger partial charge in [0.2, 0.25) is 0 Å². The van der Waals surface area contributed by atoms with Crippen LogP contribution < -0.4 is 5.22 Å². The van der Waals surface area contributed by atoms with E-state index in [0.717, 1.165) is 27.2 Å². The molecule has 0 N–H and O–H groups in total. The van der Waals surface area contributed by atoms with Crippen LogP contribution in [0, 0.1) is 0 Å². The predicted molar refractivity (Wildman–Crippen MR) is 91.2 cm³/mol. The van der Waals surface area contributed by atoms with Crippen molar-refractivity contribution >= 4 is 29.0 Å². The first-order chi connectivity index (χ1) is 11.3. The summed E-state index contributed by atoms with van der Waals surface area (Å²) in [6, 6.07) is 19.3. The Morgan fingerprint density at radius 2 is 1.83 bits per heavy atom. The number of rotatable bonds is 3. The number of hydrogen-bond acceptors (Lipinski definition) is 2. The van der Waals surface area contributed by atoms with E-state index in [-0.39, 0.29) is 12.6 Å². The summed E-state index contributed by atoms with van der Waals surface area (Å²) in [5, 5.41) is 1.91. The first kappa shape index (κ1) is 13.6. The largest absolute Gasteiger partial charge is 0.457 e. The average Bonchev–Trinajstić information content (AvgIpc) is 3.17. The molecule has 0 fully saturated rings. The van der Waals surface area contributed by atoms with E-state index >= 15 is 0 Å².